The second kappa shape index (κ2) is 9.63. The van der Waals surface area contributed by atoms with Crippen LogP contribution < -0.4 is 10.6 Å². The zero-order chi connectivity index (χ0) is 23.6. The largest absolute Gasteiger partial charge is 0.465 e. The monoisotopic (exact) mass is 455 g/mol. The van der Waals surface area contributed by atoms with Gasteiger partial charge in [-0.1, -0.05) is 4.68 Å². The van der Waals surface area contributed by atoms with E-state index >= 15 is 0 Å². The third-order valence-electron chi connectivity index (χ3n) is 6.53. The summed E-state index contributed by atoms with van der Waals surface area (Å²) >= 11 is 0. The minimum atomic E-state index is -0.451. The van der Waals surface area contributed by atoms with Gasteiger partial charge in [-0.05, 0) is 64.7 Å². The van der Waals surface area contributed by atoms with Crippen molar-refractivity contribution < 1.29 is 23.7 Å². The average molecular weight is 456 g/mol. The Morgan fingerprint density at radius 3 is 2.42 bits per heavy atom. The number of amides is 1. The molecule has 4 rings (SSSR count). The number of hydrogen-bond acceptors (Lipinski definition) is 6. The number of methoxy groups -OCH3 is 1. The number of carbonyl (C=O) groups is 2. The molecule has 1 saturated carbocycles. The molecule has 8 nitrogen and oxygen atoms in total. The van der Waals surface area contributed by atoms with Crippen molar-refractivity contribution in [3.05, 3.63) is 34.3 Å². The average Bonchev–Trinajstić information content (AvgIpc) is 3.19. The zero-order valence-corrected chi connectivity index (χ0v) is 20.1. The number of nitrogens with zero attached hydrogens (tertiary/aromatic N) is 4. The van der Waals surface area contributed by atoms with Crippen molar-refractivity contribution in [3.8, 4) is 0 Å². The van der Waals surface area contributed by atoms with Gasteiger partial charge in [0, 0.05) is 43.2 Å². The lowest BCUT2D eigenvalue weighted by molar-refractivity contribution is -0.424. The van der Waals surface area contributed by atoms with E-state index in [1.165, 1.54) is 7.11 Å². The predicted molar refractivity (Wildman–Crippen MR) is 124 cm³/mol. The van der Waals surface area contributed by atoms with E-state index < -0.39 is 5.60 Å². The number of esters is 1. The van der Waals surface area contributed by atoms with Crippen LogP contribution in [0, 0.1) is 5.92 Å². The van der Waals surface area contributed by atoms with E-state index in [1.54, 1.807) is 12.1 Å². The Hall–Kier alpha value is -2.74. The van der Waals surface area contributed by atoms with Gasteiger partial charge in [-0.25, -0.2) is 9.59 Å². The Kier molecular flexibility index (Phi) is 6.83. The van der Waals surface area contributed by atoms with Gasteiger partial charge in [-0.2, -0.15) is 0 Å². The zero-order valence-electron chi connectivity index (χ0n) is 20.1. The van der Waals surface area contributed by atoms with Crippen molar-refractivity contribution in [3.63, 3.8) is 0 Å². The minimum Gasteiger partial charge on any atom is -0.465 e. The molecule has 3 aliphatic rings. The van der Waals surface area contributed by atoms with E-state index in [1.807, 2.05) is 42.6 Å². The Morgan fingerprint density at radius 2 is 1.79 bits per heavy atom. The lowest BCUT2D eigenvalue weighted by Crippen LogP contribution is -2.53. The molecule has 33 heavy (non-hydrogen) atoms. The number of piperazine rings is 1. The van der Waals surface area contributed by atoms with E-state index in [-0.39, 0.29) is 12.1 Å². The molecule has 0 radical (unpaired) electrons. The summed E-state index contributed by atoms with van der Waals surface area (Å²) in [5.74, 6) is 0.138. The molecule has 1 aromatic rings. The highest BCUT2D eigenvalue weighted by Crippen LogP contribution is 2.27. The standard InChI is InChI=1S/C25H35N4O4/c1-25(2,3)33-24(31)28-13-11-27(12-14-28)21-9-5-18(6-10-21)16-29-17-20-8-7-19(23(30)32-4)15-22(20)26-29/h7-8,15-18,21H,5-6,9-14H2,1-4H3/q+1/b29-16-. The van der Waals surface area contributed by atoms with Gasteiger partial charge < -0.3 is 14.4 Å². The molecule has 2 heterocycles. The predicted octanol–water partition coefficient (Wildman–Crippen LogP) is 1.95. The molecule has 1 amide bonds. The highest BCUT2D eigenvalue weighted by atomic mass is 16.6. The molecule has 0 unspecified atom stereocenters. The fraction of sp³-hybridized carbons (Fsp3) is 0.600. The van der Waals surface area contributed by atoms with E-state index in [0.29, 0.717) is 17.5 Å². The summed E-state index contributed by atoms with van der Waals surface area (Å²) in [6.45, 7) is 8.99. The van der Waals surface area contributed by atoms with Gasteiger partial charge in [-0.15, -0.1) is 0 Å². The highest BCUT2D eigenvalue weighted by Gasteiger charge is 2.31. The summed E-state index contributed by atoms with van der Waals surface area (Å²) < 4.78 is 12.2. The van der Waals surface area contributed by atoms with E-state index in [4.69, 9.17) is 9.47 Å². The number of carbonyl (C=O) groups excluding carboxylic acids is 2. The van der Waals surface area contributed by atoms with Crippen molar-refractivity contribution in [1.82, 2.24) is 9.80 Å². The smallest absolute Gasteiger partial charge is 0.410 e. The number of hydrogen-bond donors (Lipinski definition) is 0. The normalized spacial score (nSPS) is 24.6. The second-order valence-electron chi connectivity index (χ2n) is 10.1. The summed E-state index contributed by atoms with van der Waals surface area (Å²) in [7, 11) is 1.39. The van der Waals surface area contributed by atoms with Gasteiger partial charge >= 0.3 is 12.1 Å². The van der Waals surface area contributed by atoms with Gasteiger partial charge in [0.05, 0.1) is 17.9 Å². The van der Waals surface area contributed by atoms with Crippen LogP contribution >= 0.6 is 0 Å². The fourth-order valence-corrected chi connectivity index (χ4v) is 4.78. The molecule has 1 aromatic carbocycles. The maximum Gasteiger partial charge on any atom is 0.410 e. The molecule has 1 saturated heterocycles. The Labute approximate surface area is 195 Å². The number of fused-ring (bicyclic) bond motifs is 1. The van der Waals surface area contributed by atoms with Crippen LogP contribution in [0.5, 0.6) is 0 Å². The Balaban J connectivity index is 1.28. The lowest BCUT2D eigenvalue weighted by atomic mass is 9.85. The van der Waals surface area contributed by atoms with E-state index in [2.05, 4.69) is 16.2 Å². The van der Waals surface area contributed by atoms with Crippen molar-refractivity contribution in [1.29, 1.82) is 0 Å². The molecular formula is C25H35N4O4+. The molecule has 178 valence electrons. The third-order valence-corrected chi connectivity index (χ3v) is 6.53. The van der Waals surface area contributed by atoms with Gasteiger partial charge in [0.15, 0.2) is 6.21 Å². The molecule has 8 heteroatoms. The molecule has 0 bridgehead atoms. The molecule has 2 aliphatic heterocycles. The number of benzene rings is 1. The van der Waals surface area contributed by atoms with Gasteiger partial charge in [0.25, 0.3) is 0 Å². The van der Waals surface area contributed by atoms with Gasteiger partial charge in [0.2, 0.25) is 6.20 Å². The van der Waals surface area contributed by atoms with E-state index in [0.717, 1.165) is 62.4 Å². The van der Waals surface area contributed by atoms with Crippen molar-refractivity contribution in [2.75, 3.05) is 33.3 Å². The number of ether oxygens (including phenoxy) is 2. The Morgan fingerprint density at radius 1 is 1.09 bits per heavy atom. The summed E-state index contributed by atoms with van der Waals surface area (Å²) in [4.78, 5) is 28.4. The number of rotatable bonds is 3. The SMILES string of the molecule is COC(=O)c1ccc2c(c1)=N/[N+](=C\C1CCC(N3CCN(C(=O)OC(C)(C)C)CC3)CC1)C=2. The second-order valence-corrected chi connectivity index (χ2v) is 10.1. The summed E-state index contributed by atoms with van der Waals surface area (Å²) in [5.41, 5.74) is 0.0650. The van der Waals surface area contributed by atoms with Crippen molar-refractivity contribution in [2.24, 2.45) is 11.0 Å². The third kappa shape index (κ3) is 5.79. The van der Waals surface area contributed by atoms with Gasteiger partial charge in [-0.3, -0.25) is 4.90 Å². The van der Waals surface area contributed by atoms with Crippen LogP contribution in [-0.2, 0) is 9.47 Å². The van der Waals surface area contributed by atoms with E-state index in [9.17, 15) is 9.59 Å². The molecule has 0 aromatic heterocycles. The molecule has 0 N–H and O–H groups in total. The first-order valence-electron chi connectivity index (χ1n) is 11.9. The van der Waals surface area contributed by atoms with Crippen LogP contribution in [0.3, 0.4) is 0 Å². The van der Waals surface area contributed by atoms with Gasteiger partial charge in [0.1, 0.15) is 11.0 Å². The molecule has 1 aliphatic carbocycles. The summed E-state index contributed by atoms with van der Waals surface area (Å²) in [6.07, 6.45) is 8.57. The lowest BCUT2D eigenvalue weighted by Gasteiger charge is -2.41. The first-order chi connectivity index (χ1) is 15.7. The fourth-order valence-electron chi connectivity index (χ4n) is 4.78. The van der Waals surface area contributed by atoms with Crippen LogP contribution in [0.15, 0.2) is 23.3 Å². The van der Waals surface area contributed by atoms with Crippen LogP contribution in [0.1, 0.15) is 56.8 Å². The van der Waals surface area contributed by atoms with Crippen LogP contribution in [0.2, 0.25) is 0 Å². The molecule has 0 spiro atoms. The maximum atomic E-state index is 12.3. The minimum absolute atomic E-state index is 0.203. The quantitative estimate of drug-likeness (QED) is 0.515. The molecule has 0 atom stereocenters. The summed E-state index contributed by atoms with van der Waals surface area (Å²) in [6, 6.07) is 6.04. The van der Waals surface area contributed by atoms with Crippen LogP contribution in [-0.4, -0.2) is 77.7 Å². The highest BCUT2D eigenvalue weighted by molar-refractivity contribution is 5.89. The van der Waals surface area contributed by atoms with Crippen molar-refractivity contribution >= 4 is 24.5 Å². The van der Waals surface area contributed by atoms with Crippen molar-refractivity contribution in [2.45, 2.75) is 58.1 Å². The topological polar surface area (TPSA) is 74.5 Å². The Bertz CT molecular complexity index is 1040. The summed E-state index contributed by atoms with van der Waals surface area (Å²) in [5, 5.41) is 6.44. The van der Waals surface area contributed by atoms with Crippen LogP contribution in [0.4, 0.5) is 4.79 Å². The first kappa shape index (κ1) is 23.4. The first-order valence-corrected chi connectivity index (χ1v) is 11.9. The maximum absolute atomic E-state index is 12.3. The van der Waals surface area contributed by atoms with Crippen LogP contribution in [0.25, 0.3) is 6.20 Å². The molecule has 2 fully saturated rings. The molecular weight excluding hydrogens is 420 g/mol.